The number of rotatable bonds is 3. The summed E-state index contributed by atoms with van der Waals surface area (Å²) in [5.74, 6) is -0.351. The molecule has 0 aromatic carbocycles. The van der Waals surface area contributed by atoms with Crippen LogP contribution in [0.3, 0.4) is 0 Å². The first-order valence-electron chi connectivity index (χ1n) is 6.42. The van der Waals surface area contributed by atoms with Crippen LogP contribution in [0.4, 0.5) is 13.2 Å². The number of nitrogens with one attached hydrogen (secondary N) is 1. The van der Waals surface area contributed by atoms with Gasteiger partial charge in [0.05, 0.1) is 11.9 Å². The maximum atomic E-state index is 13.0. The number of hydrogen-bond acceptors (Lipinski definition) is 3. The van der Waals surface area contributed by atoms with Crippen molar-refractivity contribution in [2.24, 2.45) is 10.8 Å². The van der Waals surface area contributed by atoms with Crippen molar-refractivity contribution in [3.05, 3.63) is 0 Å². The van der Waals surface area contributed by atoms with E-state index >= 15 is 0 Å². The SMILES string of the molecule is O=C(NCB(O)O)C12CCC(C(F)(F)F)(CC1)CC2. The molecule has 3 aliphatic rings. The Morgan fingerprint density at radius 2 is 1.58 bits per heavy atom. The number of carbonyl (C=O) groups excluding carboxylic acids is 1. The van der Waals surface area contributed by atoms with Gasteiger partial charge in [-0.15, -0.1) is 0 Å². The van der Waals surface area contributed by atoms with Gasteiger partial charge < -0.3 is 15.4 Å². The number of fused-ring (bicyclic) bond motifs is 3. The van der Waals surface area contributed by atoms with E-state index in [2.05, 4.69) is 5.32 Å². The minimum absolute atomic E-state index is 0.00833. The highest BCUT2D eigenvalue weighted by Gasteiger charge is 2.62. The van der Waals surface area contributed by atoms with Crippen LogP contribution in [-0.2, 0) is 4.79 Å². The predicted octanol–water partition coefficient (Wildman–Crippen LogP) is 1.02. The standard InChI is InChI=1S/C11H17BF3NO3/c13-11(14,15)10-4-1-9(2-5-10,3-6-10)8(17)16-7-12(18)19/h18-19H,1-7H2,(H,16,17). The second-order valence-electron chi connectivity index (χ2n) is 5.75. The summed E-state index contributed by atoms with van der Waals surface area (Å²) in [4.78, 5) is 12.0. The Morgan fingerprint density at radius 1 is 1.11 bits per heavy atom. The zero-order chi connectivity index (χ0) is 14.3. The fourth-order valence-corrected chi connectivity index (χ4v) is 3.32. The molecule has 0 aliphatic heterocycles. The largest absolute Gasteiger partial charge is 0.472 e. The molecule has 3 N–H and O–H groups in total. The van der Waals surface area contributed by atoms with Gasteiger partial charge in [-0.2, -0.15) is 13.2 Å². The van der Waals surface area contributed by atoms with E-state index < -0.39 is 24.1 Å². The predicted molar refractivity (Wildman–Crippen MR) is 61.8 cm³/mol. The maximum Gasteiger partial charge on any atom is 0.472 e. The summed E-state index contributed by atoms with van der Waals surface area (Å²) in [7, 11) is -1.64. The lowest BCUT2D eigenvalue weighted by Crippen LogP contribution is -2.55. The van der Waals surface area contributed by atoms with E-state index in [1.165, 1.54) is 0 Å². The van der Waals surface area contributed by atoms with Gasteiger partial charge >= 0.3 is 13.3 Å². The van der Waals surface area contributed by atoms with Gasteiger partial charge in [-0.25, -0.2) is 0 Å². The van der Waals surface area contributed by atoms with Gasteiger partial charge in [0.15, 0.2) is 0 Å². The summed E-state index contributed by atoms with van der Waals surface area (Å²) in [5, 5.41) is 19.8. The second-order valence-corrected chi connectivity index (χ2v) is 5.75. The molecule has 3 rings (SSSR count). The molecular formula is C11H17BF3NO3. The van der Waals surface area contributed by atoms with Crippen molar-refractivity contribution >= 4 is 13.0 Å². The first-order chi connectivity index (χ1) is 8.71. The van der Waals surface area contributed by atoms with E-state index in [9.17, 15) is 18.0 Å². The Morgan fingerprint density at radius 3 is 1.95 bits per heavy atom. The van der Waals surface area contributed by atoms with E-state index in [0.29, 0.717) is 0 Å². The Balaban J connectivity index is 2.02. The fourth-order valence-electron chi connectivity index (χ4n) is 3.32. The molecule has 3 saturated carbocycles. The third-order valence-electron chi connectivity index (χ3n) is 4.77. The van der Waals surface area contributed by atoms with Crippen LogP contribution in [0.25, 0.3) is 0 Å². The smallest absolute Gasteiger partial charge is 0.426 e. The van der Waals surface area contributed by atoms with Crippen molar-refractivity contribution in [2.45, 2.75) is 44.7 Å². The topological polar surface area (TPSA) is 69.6 Å². The van der Waals surface area contributed by atoms with Crippen molar-refractivity contribution in [2.75, 3.05) is 6.44 Å². The molecule has 4 nitrogen and oxygen atoms in total. The van der Waals surface area contributed by atoms with Crippen LogP contribution in [0.15, 0.2) is 0 Å². The number of alkyl halides is 3. The van der Waals surface area contributed by atoms with Crippen molar-refractivity contribution < 1.29 is 28.0 Å². The Hall–Kier alpha value is -0.755. The van der Waals surface area contributed by atoms with Gasteiger partial charge in [-0.3, -0.25) is 4.79 Å². The summed E-state index contributed by atoms with van der Waals surface area (Å²) in [6, 6.07) is 0. The van der Waals surface area contributed by atoms with Crippen molar-refractivity contribution in [3.8, 4) is 0 Å². The molecule has 0 aromatic heterocycles. The molecule has 3 fully saturated rings. The molecule has 0 atom stereocenters. The maximum absolute atomic E-state index is 13.0. The number of amides is 1. The van der Waals surface area contributed by atoms with E-state index in [1.807, 2.05) is 0 Å². The monoisotopic (exact) mass is 279 g/mol. The molecule has 8 heteroatoms. The summed E-state index contributed by atoms with van der Waals surface area (Å²) >= 11 is 0. The van der Waals surface area contributed by atoms with Crippen LogP contribution >= 0.6 is 0 Å². The number of halogens is 3. The lowest BCUT2D eigenvalue weighted by atomic mass is 9.53. The lowest BCUT2D eigenvalue weighted by Gasteiger charge is -2.52. The molecule has 3 aliphatic carbocycles. The fraction of sp³-hybridized carbons (Fsp3) is 0.909. The van der Waals surface area contributed by atoms with Crippen LogP contribution in [0, 0.1) is 10.8 Å². The van der Waals surface area contributed by atoms with Crippen LogP contribution in [-0.4, -0.2) is 35.7 Å². The van der Waals surface area contributed by atoms with Crippen molar-refractivity contribution in [3.63, 3.8) is 0 Å². The summed E-state index contributed by atoms with van der Waals surface area (Å²) in [5.41, 5.74) is -2.35. The quantitative estimate of drug-likeness (QED) is 0.675. The average molecular weight is 279 g/mol. The summed E-state index contributed by atoms with van der Waals surface area (Å²) in [6.45, 7) is 0. The molecule has 0 heterocycles. The number of carbonyl (C=O) groups is 1. The highest BCUT2D eigenvalue weighted by molar-refractivity contribution is 6.41. The summed E-state index contributed by atoms with van der Waals surface area (Å²) in [6.07, 6.45) is -3.84. The van der Waals surface area contributed by atoms with Gasteiger partial charge in [0.2, 0.25) is 5.91 Å². The molecule has 1 amide bonds. The average Bonchev–Trinajstić information content (AvgIpc) is 2.36. The van der Waals surface area contributed by atoms with Crippen molar-refractivity contribution in [1.29, 1.82) is 0 Å². The van der Waals surface area contributed by atoms with Crippen LogP contribution in [0.2, 0.25) is 0 Å². The van der Waals surface area contributed by atoms with Gasteiger partial charge in [0.25, 0.3) is 0 Å². The van der Waals surface area contributed by atoms with Crippen LogP contribution < -0.4 is 5.32 Å². The van der Waals surface area contributed by atoms with Gasteiger partial charge in [0, 0.05) is 5.41 Å². The zero-order valence-corrected chi connectivity index (χ0v) is 10.5. The minimum atomic E-state index is -4.20. The van der Waals surface area contributed by atoms with Crippen LogP contribution in [0.5, 0.6) is 0 Å². The Bertz CT molecular complexity index is 348. The molecule has 108 valence electrons. The highest BCUT2D eigenvalue weighted by Crippen LogP contribution is 2.62. The van der Waals surface area contributed by atoms with Gasteiger partial charge in [0.1, 0.15) is 0 Å². The van der Waals surface area contributed by atoms with E-state index in [0.717, 1.165) is 0 Å². The molecule has 0 unspecified atom stereocenters. The van der Waals surface area contributed by atoms with E-state index in [4.69, 9.17) is 10.0 Å². The van der Waals surface area contributed by atoms with Crippen LogP contribution in [0.1, 0.15) is 38.5 Å². The van der Waals surface area contributed by atoms with Gasteiger partial charge in [-0.1, -0.05) is 0 Å². The number of hydrogen-bond donors (Lipinski definition) is 3. The third-order valence-corrected chi connectivity index (χ3v) is 4.77. The Labute approximate surface area is 109 Å². The molecule has 0 aromatic rings. The first-order valence-corrected chi connectivity index (χ1v) is 6.42. The summed E-state index contributed by atoms with van der Waals surface area (Å²) < 4.78 is 39.1. The zero-order valence-electron chi connectivity index (χ0n) is 10.5. The molecule has 19 heavy (non-hydrogen) atoms. The lowest BCUT2D eigenvalue weighted by molar-refractivity contribution is -0.258. The third kappa shape index (κ3) is 2.47. The molecule has 0 saturated heterocycles. The molecule has 0 spiro atoms. The molecular weight excluding hydrogens is 262 g/mol. The molecule has 2 bridgehead atoms. The first kappa shape index (κ1) is 14.6. The van der Waals surface area contributed by atoms with Gasteiger partial charge in [-0.05, 0) is 38.5 Å². The van der Waals surface area contributed by atoms with E-state index in [1.54, 1.807) is 0 Å². The Kier molecular flexibility index (Phi) is 3.59. The normalized spacial score (nSPS) is 34.2. The molecule has 0 radical (unpaired) electrons. The van der Waals surface area contributed by atoms with Crippen molar-refractivity contribution in [1.82, 2.24) is 5.32 Å². The highest BCUT2D eigenvalue weighted by atomic mass is 19.4. The second kappa shape index (κ2) is 4.66. The van der Waals surface area contributed by atoms with E-state index in [-0.39, 0.29) is 50.9 Å². The minimum Gasteiger partial charge on any atom is -0.426 e.